The third-order valence-corrected chi connectivity index (χ3v) is 2.24. The van der Waals surface area contributed by atoms with Crippen molar-refractivity contribution in [2.24, 2.45) is 5.73 Å². The van der Waals surface area contributed by atoms with E-state index in [9.17, 15) is 9.18 Å². The molecule has 0 aliphatic heterocycles. The quantitative estimate of drug-likeness (QED) is 0.805. The van der Waals surface area contributed by atoms with Gasteiger partial charge in [0, 0.05) is 5.56 Å². The van der Waals surface area contributed by atoms with Gasteiger partial charge in [0.1, 0.15) is 11.5 Å². The van der Waals surface area contributed by atoms with Crippen LogP contribution in [0.3, 0.4) is 0 Å². The first-order chi connectivity index (χ1) is 7.58. The lowest BCUT2D eigenvalue weighted by Gasteiger charge is -1.99. The lowest BCUT2D eigenvalue weighted by atomic mass is 10.1. The summed E-state index contributed by atoms with van der Waals surface area (Å²) in [5, 5.41) is 6.30. The number of nitrogens with one attached hydrogen (secondary N) is 1. The number of aromatic nitrogens is 2. The summed E-state index contributed by atoms with van der Waals surface area (Å²) < 4.78 is 13.5. The highest BCUT2D eigenvalue weighted by molar-refractivity contribution is 5.91. The lowest BCUT2D eigenvalue weighted by Crippen LogP contribution is -2.10. The largest absolute Gasteiger partial charge is 0.364 e. The number of carbonyl (C=O) groups is 1. The molecule has 0 radical (unpaired) electrons. The van der Waals surface area contributed by atoms with Crippen LogP contribution in [0.5, 0.6) is 0 Å². The highest BCUT2D eigenvalue weighted by atomic mass is 19.1. The van der Waals surface area contributed by atoms with Gasteiger partial charge in [0.15, 0.2) is 0 Å². The molecule has 5 heteroatoms. The van der Waals surface area contributed by atoms with E-state index >= 15 is 0 Å². The second-order valence-electron chi connectivity index (χ2n) is 3.51. The van der Waals surface area contributed by atoms with Crippen LogP contribution >= 0.6 is 0 Å². The van der Waals surface area contributed by atoms with Crippen molar-refractivity contribution in [2.75, 3.05) is 0 Å². The number of nitrogens with zero attached hydrogens (tertiary/aromatic N) is 1. The molecule has 2 rings (SSSR count). The van der Waals surface area contributed by atoms with Crippen LogP contribution in [-0.2, 0) is 0 Å². The summed E-state index contributed by atoms with van der Waals surface area (Å²) in [6.07, 6.45) is 0. The van der Waals surface area contributed by atoms with Crippen molar-refractivity contribution in [1.82, 2.24) is 10.2 Å². The summed E-state index contributed by atoms with van der Waals surface area (Å²) >= 11 is 0. The van der Waals surface area contributed by atoms with Gasteiger partial charge in [-0.25, -0.2) is 4.39 Å². The fourth-order valence-corrected chi connectivity index (χ4v) is 1.42. The van der Waals surface area contributed by atoms with Crippen LogP contribution in [0.25, 0.3) is 11.3 Å². The molecule has 16 heavy (non-hydrogen) atoms. The van der Waals surface area contributed by atoms with Gasteiger partial charge in [-0.2, -0.15) is 5.10 Å². The van der Waals surface area contributed by atoms with Crippen molar-refractivity contribution in [1.29, 1.82) is 0 Å². The van der Waals surface area contributed by atoms with E-state index in [0.29, 0.717) is 11.3 Å². The minimum atomic E-state index is -0.619. The first kappa shape index (κ1) is 10.4. The highest BCUT2D eigenvalue weighted by Gasteiger charge is 2.11. The van der Waals surface area contributed by atoms with Gasteiger partial charge in [-0.1, -0.05) is 11.6 Å². The fraction of sp³-hybridized carbons (Fsp3) is 0.0909. The second-order valence-corrected chi connectivity index (χ2v) is 3.51. The van der Waals surface area contributed by atoms with Gasteiger partial charge in [0.05, 0.1) is 5.69 Å². The summed E-state index contributed by atoms with van der Waals surface area (Å²) in [7, 11) is 0. The fourth-order valence-electron chi connectivity index (χ4n) is 1.42. The Hall–Kier alpha value is -2.17. The van der Waals surface area contributed by atoms with E-state index in [4.69, 9.17) is 5.73 Å². The molecule has 0 unspecified atom stereocenters. The smallest absolute Gasteiger partial charge is 0.266 e. The maximum Gasteiger partial charge on any atom is 0.266 e. The van der Waals surface area contributed by atoms with Gasteiger partial charge in [-0.3, -0.25) is 9.89 Å². The van der Waals surface area contributed by atoms with Gasteiger partial charge in [-0.05, 0) is 25.1 Å². The monoisotopic (exact) mass is 219 g/mol. The van der Waals surface area contributed by atoms with Crippen LogP contribution in [0.4, 0.5) is 4.39 Å². The molecule has 0 atom stereocenters. The number of amides is 1. The molecule has 1 heterocycles. The Morgan fingerprint density at radius 1 is 1.44 bits per heavy atom. The van der Waals surface area contributed by atoms with Crippen LogP contribution in [0.1, 0.15) is 16.1 Å². The van der Waals surface area contributed by atoms with E-state index in [1.807, 2.05) is 6.92 Å². The Morgan fingerprint density at radius 3 is 2.81 bits per heavy atom. The van der Waals surface area contributed by atoms with E-state index in [-0.39, 0.29) is 11.5 Å². The molecule has 4 nitrogen and oxygen atoms in total. The van der Waals surface area contributed by atoms with Crippen molar-refractivity contribution in [3.05, 3.63) is 41.3 Å². The molecule has 0 saturated carbocycles. The molecule has 0 aliphatic rings. The van der Waals surface area contributed by atoms with E-state index in [1.54, 1.807) is 12.1 Å². The number of primary amides is 1. The Kier molecular flexibility index (Phi) is 2.44. The number of halogens is 1. The van der Waals surface area contributed by atoms with Crippen LogP contribution in [-0.4, -0.2) is 16.1 Å². The summed E-state index contributed by atoms with van der Waals surface area (Å²) in [4.78, 5) is 10.9. The van der Waals surface area contributed by atoms with E-state index in [1.165, 1.54) is 12.1 Å². The molecular formula is C11H10FN3O. The number of benzene rings is 1. The number of rotatable bonds is 2. The third kappa shape index (κ3) is 1.79. The maximum absolute atomic E-state index is 13.5. The number of nitrogens with two attached hydrogens (primary N) is 1. The molecule has 0 spiro atoms. The summed E-state index contributed by atoms with van der Waals surface area (Å²) in [5.41, 5.74) is 6.87. The summed E-state index contributed by atoms with van der Waals surface area (Å²) in [6.45, 7) is 1.85. The van der Waals surface area contributed by atoms with E-state index in [0.717, 1.165) is 5.56 Å². The molecule has 0 fully saturated rings. The molecule has 2 aromatic rings. The van der Waals surface area contributed by atoms with E-state index < -0.39 is 5.91 Å². The van der Waals surface area contributed by atoms with Crippen molar-refractivity contribution in [2.45, 2.75) is 6.92 Å². The van der Waals surface area contributed by atoms with Crippen LogP contribution < -0.4 is 5.73 Å². The molecule has 1 aromatic heterocycles. The predicted molar refractivity (Wildman–Crippen MR) is 57.2 cm³/mol. The third-order valence-electron chi connectivity index (χ3n) is 2.24. The van der Waals surface area contributed by atoms with Crippen molar-refractivity contribution < 1.29 is 9.18 Å². The Labute approximate surface area is 91.3 Å². The average Bonchev–Trinajstić information content (AvgIpc) is 2.70. The van der Waals surface area contributed by atoms with Crippen LogP contribution in [0, 0.1) is 12.7 Å². The Balaban J connectivity index is 2.50. The standard InChI is InChI=1S/C11H10FN3O/c1-6-2-3-8(12)7(4-6)9-5-10(11(13)16)15-14-9/h2-5H,1H3,(H2,13,16)(H,14,15). The van der Waals surface area contributed by atoms with E-state index in [2.05, 4.69) is 10.2 Å². The van der Waals surface area contributed by atoms with Gasteiger partial charge in [0.2, 0.25) is 0 Å². The summed E-state index contributed by atoms with van der Waals surface area (Å²) in [5.74, 6) is -1.00. The molecule has 1 aromatic carbocycles. The predicted octanol–water partition coefficient (Wildman–Crippen LogP) is 1.62. The Bertz CT molecular complexity index is 548. The van der Waals surface area contributed by atoms with Crippen molar-refractivity contribution >= 4 is 5.91 Å². The Morgan fingerprint density at radius 2 is 2.19 bits per heavy atom. The molecule has 1 amide bonds. The molecule has 0 saturated heterocycles. The molecular weight excluding hydrogens is 209 g/mol. The van der Waals surface area contributed by atoms with Crippen LogP contribution in [0.2, 0.25) is 0 Å². The molecule has 0 aliphatic carbocycles. The minimum Gasteiger partial charge on any atom is -0.364 e. The topological polar surface area (TPSA) is 71.8 Å². The zero-order chi connectivity index (χ0) is 11.7. The number of H-pyrrole nitrogens is 1. The second kappa shape index (κ2) is 3.77. The van der Waals surface area contributed by atoms with Gasteiger partial charge >= 0.3 is 0 Å². The van der Waals surface area contributed by atoms with Gasteiger partial charge < -0.3 is 5.73 Å². The lowest BCUT2D eigenvalue weighted by molar-refractivity contribution is 0.0995. The van der Waals surface area contributed by atoms with Crippen molar-refractivity contribution in [3.63, 3.8) is 0 Å². The molecule has 82 valence electrons. The summed E-state index contributed by atoms with van der Waals surface area (Å²) in [6, 6.07) is 6.13. The number of hydrogen-bond acceptors (Lipinski definition) is 2. The highest BCUT2D eigenvalue weighted by Crippen LogP contribution is 2.22. The minimum absolute atomic E-state index is 0.163. The van der Waals surface area contributed by atoms with Gasteiger partial charge in [0.25, 0.3) is 5.91 Å². The van der Waals surface area contributed by atoms with Gasteiger partial charge in [-0.15, -0.1) is 0 Å². The molecule has 0 bridgehead atoms. The number of carbonyl (C=O) groups excluding carboxylic acids is 1. The molecule has 3 N–H and O–H groups in total. The normalized spacial score (nSPS) is 10.4. The zero-order valence-electron chi connectivity index (χ0n) is 8.62. The first-order valence-corrected chi connectivity index (χ1v) is 4.69. The number of aromatic amines is 1. The number of hydrogen-bond donors (Lipinski definition) is 2. The number of aryl methyl sites for hydroxylation is 1. The van der Waals surface area contributed by atoms with Crippen LogP contribution in [0.15, 0.2) is 24.3 Å². The zero-order valence-corrected chi connectivity index (χ0v) is 8.62. The average molecular weight is 219 g/mol. The SMILES string of the molecule is Cc1ccc(F)c(-c2cc(C(N)=O)[nH]n2)c1. The maximum atomic E-state index is 13.5. The van der Waals surface area contributed by atoms with Crippen molar-refractivity contribution in [3.8, 4) is 11.3 Å². The first-order valence-electron chi connectivity index (χ1n) is 4.69.